The number of hydrogen-bond acceptors (Lipinski definition) is 12. The van der Waals surface area contributed by atoms with Gasteiger partial charge in [-0.2, -0.15) is 0 Å². The van der Waals surface area contributed by atoms with Gasteiger partial charge in [-0.3, -0.25) is 18.6 Å². The van der Waals surface area contributed by atoms with E-state index in [-0.39, 0.29) is 12.8 Å². The molecule has 354 valence electrons. The molecule has 0 amide bonds. The molecule has 0 aromatic heterocycles. The minimum atomic E-state index is -5.13. The Bertz CT molecular complexity index is 1250. The summed E-state index contributed by atoms with van der Waals surface area (Å²) in [5.74, 6) is -1.17. The largest absolute Gasteiger partial charge is 0.472 e. The van der Waals surface area contributed by atoms with Crippen LogP contribution in [0.5, 0.6) is 0 Å². The molecule has 0 radical (unpaired) electrons. The third-order valence-electron chi connectivity index (χ3n) is 10.6. The van der Waals surface area contributed by atoms with Gasteiger partial charge in [0.25, 0.3) is 0 Å². The summed E-state index contributed by atoms with van der Waals surface area (Å²) in [4.78, 5) is 35.7. The summed E-state index contributed by atoms with van der Waals surface area (Å²) in [5.41, 5.74) is 0. The highest BCUT2D eigenvalue weighted by molar-refractivity contribution is 7.47. The fraction of sp³-hybridized carbons (Fsp3) is 0.787. The first kappa shape index (κ1) is 56.8. The van der Waals surface area contributed by atoms with Gasteiger partial charge in [0.2, 0.25) is 0 Å². The standard InChI is InChI=1S/C47H83O13P/c1-3-5-7-9-11-13-15-17-19-20-22-23-25-27-29-31-33-35-40(48)57-37-39(38-58-61(55,56)60-47-45(53)43(51)42(50)44(52)46(47)54)59-41(49)36-34-32-30-28-26-24-21-18-16-14-12-10-8-6-4-2/h17-19,21-23,27,29,39,42-47,50-54H,3-16,20,24-26,28,30-38H2,1-2H3,(H,55,56)/t39-,42?,43-,44?,45?,46?,47?/m1/s1. The number of rotatable bonds is 38. The summed E-state index contributed by atoms with van der Waals surface area (Å²) >= 11 is 0. The normalized spacial score (nSPS) is 22.4. The molecule has 0 saturated heterocycles. The van der Waals surface area contributed by atoms with Crippen LogP contribution in [0.4, 0.5) is 0 Å². The van der Waals surface area contributed by atoms with Gasteiger partial charge in [-0.15, -0.1) is 0 Å². The molecule has 0 aromatic carbocycles. The monoisotopic (exact) mass is 887 g/mol. The highest BCUT2D eigenvalue weighted by Gasteiger charge is 2.51. The third kappa shape index (κ3) is 29.7. The molecular weight excluding hydrogens is 803 g/mol. The van der Waals surface area contributed by atoms with E-state index in [1.165, 1.54) is 77.0 Å². The maximum atomic E-state index is 12.8. The smallest absolute Gasteiger partial charge is 0.462 e. The zero-order chi connectivity index (χ0) is 45.0. The molecule has 0 heterocycles. The highest BCUT2D eigenvalue weighted by Crippen LogP contribution is 2.47. The van der Waals surface area contributed by atoms with E-state index in [2.05, 4.69) is 50.3 Å². The number of phosphoric ester groups is 1. The SMILES string of the molecule is CCCCCCCCC=CCC=CCC=CCCCC(=O)OC[C@H](COP(=O)(O)OC1C(O)C(O)C(O)[C@@H](O)C1O)OC(=O)CCCCCCCC=CCCCCCCCC. The first-order valence-electron chi connectivity index (χ1n) is 23.4. The van der Waals surface area contributed by atoms with Crippen molar-refractivity contribution in [3.63, 3.8) is 0 Å². The fourth-order valence-corrected chi connectivity index (χ4v) is 7.80. The van der Waals surface area contributed by atoms with E-state index >= 15 is 0 Å². The zero-order valence-electron chi connectivity index (χ0n) is 37.4. The van der Waals surface area contributed by atoms with Gasteiger partial charge in [-0.05, 0) is 70.6 Å². The van der Waals surface area contributed by atoms with E-state index in [1.807, 2.05) is 12.2 Å². The van der Waals surface area contributed by atoms with E-state index in [4.69, 9.17) is 18.5 Å². The van der Waals surface area contributed by atoms with Crippen LogP contribution < -0.4 is 0 Å². The van der Waals surface area contributed by atoms with E-state index in [9.17, 15) is 44.6 Å². The lowest BCUT2D eigenvalue weighted by atomic mass is 9.85. The second-order valence-corrected chi connectivity index (χ2v) is 17.7. The van der Waals surface area contributed by atoms with Gasteiger partial charge in [0.15, 0.2) is 6.10 Å². The van der Waals surface area contributed by atoms with Gasteiger partial charge >= 0.3 is 19.8 Å². The number of aliphatic hydroxyl groups excluding tert-OH is 5. The summed E-state index contributed by atoms with van der Waals surface area (Å²) in [6.45, 7) is 3.23. The Hall–Kier alpha value is -2.19. The Morgan fingerprint density at radius 1 is 0.508 bits per heavy atom. The molecule has 1 aliphatic rings. The van der Waals surface area contributed by atoms with Gasteiger partial charge in [0.1, 0.15) is 43.2 Å². The van der Waals surface area contributed by atoms with Gasteiger partial charge in [-0.1, -0.05) is 146 Å². The van der Waals surface area contributed by atoms with E-state index < -0.39 is 75.7 Å². The van der Waals surface area contributed by atoms with Gasteiger partial charge in [0, 0.05) is 12.8 Å². The van der Waals surface area contributed by atoms with Crippen molar-refractivity contribution in [2.24, 2.45) is 0 Å². The second-order valence-electron chi connectivity index (χ2n) is 16.3. The highest BCUT2D eigenvalue weighted by atomic mass is 31.2. The van der Waals surface area contributed by atoms with Crippen LogP contribution in [0.25, 0.3) is 0 Å². The number of ether oxygens (including phenoxy) is 2. The molecule has 0 aliphatic heterocycles. The van der Waals surface area contributed by atoms with Crippen molar-refractivity contribution in [1.82, 2.24) is 0 Å². The maximum Gasteiger partial charge on any atom is 0.472 e. The van der Waals surface area contributed by atoms with Crippen LogP contribution in [-0.2, 0) is 32.7 Å². The number of carbonyl (C=O) groups excluding carboxylic acids is 2. The lowest BCUT2D eigenvalue weighted by Gasteiger charge is -2.41. The molecule has 0 aromatic rings. The summed E-state index contributed by atoms with van der Waals surface area (Å²) in [7, 11) is -5.13. The molecule has 1 saturated carbocycles. The molecule has 61 heavy (non-hydrogen) atoms. The van der Waals surface area contributed by atoms with Crippen molar-refractivity contribution in [3.8, 4) is 0 Å². The van der Waals surface area contributed by atoms with Crippen LogP contribution >= 0.6 is 7.82 Å². The summed E-state index contributed by atoms with van der Waals surface area (Å²) in [6, 6.07) is 0. The van der Waals surface area contributed by atoms with Crippen molar-refractivity contribution < 1.29 is 63.1 Å². The molecule has 1 fully saturated rings. The van der Waals surface area contributed by atoms with E-state index in [0.717, 1.165) is 57.8 Å². The quantitative estimate of drug-likeness (QED) is 0.0148. The van der Waals surface area contributed by atoms with Crippen LogP contribution in [0.3, 0.4) is 0 Å². The van der Waals surface area contributed by atoms with Crippen molar-refractivity contribution >= 4 is 19.8 Å². The maximum absolute atomic E-state index is 12.8. The lowest BCUT2D eigenvalue weighted by Crippen LogP contribution is -2.64. The van der Waals surface area contributed by atoms with Crippen LogP contribution in [0.1, 0.15) is 181 Å². The predicted molar refractivity (Wildman–Crippen MR) is 239 cm³/mol. The summed E-state index contributed by atoms with van der Waals surface area (Å²) < 4.78 is 33.5. The first-order valence-corrected chi connectivity index (χ1v) is 24.9. The van der Waals surface area contributed by atoms with Crippen LogP contribution in [-0.4, -0.2) is 98.3 Å². The predicted octanol–water partition coefficient (Wildman–Crippen LogP) is 9.17. The number of unbranched alkanes of at least 4 members (excludes halogenated alkanes) is 18. The van der Waals surface area contributed by atoms with Crippen molar-refractivity contribution in [2.45, 2.75) is 224 Å². The van der Waals surface area contributed by atoms with Crippen LogP contribution in [0, 0.1) is 0 Å². The molecule has 0 bridgehead atoms. The number of esters is 2. The minimum Gasteiger partial charge on any atom is -0.462 e. The fourth-order valence-electron chi connectivity index (χ4n) is 6.83. The molecule has 8 atom stereocenters. The molecule has 6 N–H and O–H groups in total. The molecule has 13 nitrogen and oxygen atoms in total. The average Bonchev–Trinajstić information content (AvgIpc) is 3.24. The summed E-state index contributed by atoms with van der Waals surface area (Å²) in [5, 5.41) is 50.1. The van der Waals surface area contributed by atoms with Crippen molar-refractivity contribution in [1.29, 1.82) is 0 Å². The Kier molecular flexibility index (Phi) is 34.7. The van der Waals surface area contributed by atoms with Crippen molar-refractivity contribution in [3.05, 3.63) is 48.6 Å². The van der Waals surface area contributed by atoms with Crippen LogP contribution in [0.15, 0.2) is 48.6 Å². The molecule has 14 heteroatoms. The Morgan fingerprint density at radius 2 is 0.902 bits per heavy atom. The number of carbonyl (C=O) groups is 2. The molecule has 1 rings (SSSR count). The first-order chi connectivity index (χ1) is 29.4. The topological polar surface area (TPSA) is 210 Å². The molecule has 0 spiro atoms. The lowest BCUT2D eigenvalue weighted by molar-refractivity contribution is -0.220. The van der Waals surface area contributed by atoms with E-state index in [0.29, 0.717) is 19.3 Å². The van der Waals surface area contributed by atoms with Gasteiger partial charge in [-0.25, -0.2) is 4.57 Å². The Morgan fingerprint density at radius 3 is 1.41 bits per heavy atom. The third-order valence-corrected chi connectivity index (χ3v) is 11.6. The molecular formula is C47H83O13P. The second kappa shape index (κ2) is 37.2. The van der Waals surface area contributed by atoms with Gasteiger partial charge < -0.3 is 39.9 Å². The number of hydrogen-bond donors (Lipinski definition) is 6. The molecule has 6 unspecified atom stereocenters. The number of allylic oxidation sites excluding steroid dienone is 8. The Labute approximate surface area is 367 Å². The number of aliphatic hydroxyl groups is 5. The minimum absolute atomic E-state index is 0.0753. The average molecular weight is 887 g/mol. The van der Waals surface area contributed by atoms with Crippen molar-refractivity contribution in [2.75, 3.05) is 13.2 Å². The summed E-state index contributed by atoms with van der Waals surface area (Å²) in [6.07, 6.45) is 30.3. The van der Waals surface area contributed by atoms with Crippen LogP contribution in [0.2, 0.25) is 0 Å². The Balaban J connectivity index is 2.50. The van der Waals surface area contributed by atoms with Gasteiger partial charge in [0.05, 0.1) is 6.61 Å². The number of phosphoric acid groups is 1. The van der Waals surface area contributed by atoms with E-state index in [1.54, 1.807) is 0 Å². The zero-order valence-corrected chi connectivity index (χ0v) is 38.3. The molecule has 1 aliphatic carbocycles.